The summed E-state index contributed by atoms with van der Waals surface area (Å²) in [5.41, 5.74) is 2.52. The van der Waals surface area contributed by atoms with Crippen LogP contribution in [0, 0.1) is 10.1 Å². The number of fused-ring (bicyclic) bond motifs is 1. The highest BCUT2D eigenvalue weighted by molar-refractivity contribution is 5.97. The second-order valence-electron chi connectivity index (χ2n) is 5.31. The number of carbonyl (C=O) groups is 1. The Balaban J connectivity index is 1.85. The van der Waals surface area contributed by atoms with Crippen molar-refractivity contribution in [2.45, 2.75) is 13.5 Å². The maximum Gasteiger partial charge on any atom is 0.433 e. The highest BCUT2D eigenvalue weighted by Crippen LogP contribution is 2.14. The van der Waals surface area contributed by atoms with Crippen LogP contribution >= 0.6 is 0 Å². The molecule has 2 heterocycles. The first-order valence-corrected chi connectivity index (χ1v) is 7.71. The molecule has 0 unspecified atom stereocenters. The van der Waals surface area contributed by atoms with Crippen LogP contribution in [0.3, 0.4) is 0 Å². The zero-order valence-electron chi connectivity index (χ0n) is 13.7. The van der Waals surface area contributed by atoms with Gasteiger partial charge in [-0.2, -0.15) is 5.10 Å². The molecule has 0 fully saturated rings. The average Bonchev–Trinajstić information content (AvgIpc) is 3.11. The van der Waals surface area contributed by atoms with E-state index >= 15 is 0 Å². The minimum Gasteiger partial charge on any atom is -0.400 e. The van der Waals surface area contributed by atoms with E-state index < -0.39 is 22.1 Å². The van der Waals surface area contributed by atoms with E-state index in [0.29, 0.717) is 11.9 Å². The van der Waals surface area contributed by atoms with Crippen LogP contribution in [0.5, 0.6) is 0 Å². The lowest BCUT2D eigenvalue weighted by molar-refractivity contribution is -0.402. The molecule has 0 saturated heterocycles. The van der Waals surface area contributed by atoms with E-state index in [0.717, 1.165) is 11.7 Å². The molecule has 3 rings (SSSR count). The predicted octanol–water partition coefficient (Wildman–Crippen LogP) is 2.29. The van der Waals surface area contributed by atoms with E-state index in [1.54, 1.807) is 16.7 Å². The first-order chi connectivity index (χ1) is 12.5. The van der Waals surface area contributed by atoms with E-state index in [2.05, 4.69) is 10.5 Å². The lowest BCUT2D eigenvalue weighted by atomic mass is 10.1. The molecule has 1 amide bonds. The maximum atomic E-state index is 12.5. The first-order valence-electron chi connectivity index (χ1n) is 7.71. The minimum absolute atomic E-state index is 0.0480. The van der Waals surface area contributed by atoms with Gasteiger partial charge in [-0.05, 0) is 25.1 Å². The molecule has 0 radical (unpaired) electrons. The Labute approximate surface area is 146 Å². The Morgan fingerprint density at radius 3 is 2.81 bits per heavy atom. The molecule has 1 N–H and O–H groups in total. The monoisotopic (exact) mass is 354 g/mol. The molecule has 2 aromatic heterocycles. The van der Waals surface area contributed by atoms with Gasteiger partial charge < -0.3 is 8.98 Å². The number of hydrogen-bond acceptors (Lipinski definition) is 6. The molecule has 0 aliphatic heterocycles. The summed E-state index contributed by atoms with van der Waals surface area (Å²) in [6, 6.07) is 9.53. The normalized spacial score (nSPS) is 11.1. The molecule has 0 atom stereocenters. The Kier molecular flexibility index (Phi) is 4.61. The number of carbonyl (C=O) groups excluding carboxylic acids is 1. The van der Waals surface area contributed by atoms with Gasteiger partial charge in [0.2, 0.25) is 5.43 Å². The van der Waals surface area contributed by atoms with Gasteiger partial charge in [0.15, 0.2) is 5.76 Å². The van der Waals surface area contributed by atoms with Crippen LogP contribution in [0.25, 0.3) is 10.9 Å². The van der Waals surface area contributed by atoms with Crippen molar-refractivity contribution < 1.29 is 14.1 Å². The number of furan rings is 1. The minimum atomic E-state index is -0.682. The topological polar surface area (TPSA) is 120 Å². The summed E-state index contributed by atoms with van der Waals surface area (Å²) in [5, 5.41) is 14.7. The molecule has 0 aliphatic carbocycles. The van der Waals surface area contributed by atoms with Gasteiger partial charge in [-0.3, -0.25) is 19.7 Å². The molecule has 0 spiro atoms. The molecule has 9 nitrogen and oxygen atoms in total. The molecular weight excluding hydrogens is 340 g/mol. The average molecular weight is 354 g/mol. The van der Waals surface area contributed by atoms with Gasteiger partial charge in [0.25, 0.3) is 5.91 Å². The van der Waals surface area contributed by atoms with Crippen molar-refractivity contribution in [2.75, 3.05) is 0 Å². The number of hydrogen-bond donors (Lipinski definition) is 1. The van der Waals surface area contributed by atoms with Gasteiger partial charge >= 0.3 is 5.88 Å². The summed E-state index contributed by atoms with van der Waals surface area (Å²) >= 11 is 0. The van der Waals surface area contributed by atoms with Crippen LogP contribution in [-0.4, -0.2) is 21.6 Å². The van der Waals surface area contributed by atoms with E-state index in [1.165, 1.54) is 18.3 Å². The van der Waals surface area contributed by atoms with Crippen LogP contribution in [0.15, 0.2) is 56.9 Å². The number of aromatic nitrogens is 1. The number of benzene rings is 1. The molecule has 9 heteroatoms. The SMILES string of the molecule is CCn1cc(C(=O)N/N=C/c2ccc([N+](=O)[O-])o2)c(=O)c2ccccc21. The summed E-state index contributed by atoms with van der Waals surface area (Å²) in [7, 11) is 0. The van der Waals surface area contributed by atoms with Crippen molar-refractivity contribution in [1.29, 1.82) is 0 Å². The summed E-state index contributed by atoms with van der Waals surface area (Å²) in [5.74, 6) is -1.01. The zero-order valence-corrected chi connectivity index (χ0v) is 13.7. The molecule has 26 heavy (non-hydrogen) atoms. The van der Waals surface area contributed by atoms with E-state index in [4.69, 9.17) is 4.42 Å². The van der Waals surface area contributed by atoms with E-state index in [-0.39, 0.29) is 11.3 Å². The molecule has 1 aromatic carbocycles. The summed E-state index contributed by atoms with van der Waals surface area (Å²) in [4.78, 5) is 34.7. The van der Waals surface area contributed by atoms with Crippen molar-refractivity contribution in [3.63, 3.8) is 0 Å². The number of pyridine rings is 1. The van der Waals surface area contributed by atoms with Crippen LogP contribution in [0.2, 0.25) is 0 Å². The fraction of sp³-hybridized carbons (Fsp3) is 0.118. The van der Waals surface area contributed by atoms with Gasteiger partial charge in [-0.1, -0.05) is 12.1 Å². The van der Waals surface area contributed by atoms with Gasteiger partial charge in [-0.25, -0.2) is 5.43 Å². The molecular formula is C17H14N4O5. The third-order valence-electron chi connectivity index (χ3n) is 3.72. The number of rotatable bonds is 5. The zero-order chi connectivity index (χ0) is 18.7. The number of hydrazone groups is 1. The van der Waals surface area contributed by atoms with Crippen LogP contribution < -0.4 is 10.9 Å². The quantitative estimate of drug-likeness (QED) is 0.428. The van der Waals surface area contributed by atoms with E-state index in [1.807, 2.05) is 19.1 Å². The first kappa shape index (κ1) is 17.1. The summed E-state index contributed by atoms with van der Waals surface area (Å²) in [6.45, 7) is 2.49. The Morgan fingerprint density at radius 2 is 2.12 bits per heavy atom. The van der Waals surface area contributed by atoms with Gasteiger partial charge in [-0.15, -0.1) is 0 Å². The maximum absolute atomic E-state index is 12.5. The standard InChI is InChI=1S/C17H14N4O5/c1-2-20-10-13(16(22)12-5-3-4-6-14(12)20)17(23)19-18-9-11-7-8-15(26-11)21(24)25/h3-10H,2H2,1H3,(H,19,23)/b18-9+. The molecule has 132 valence electrons. The lowest BCUT2D eigenvalue weighted by Gasteiger charge is -2.10. The fourth-order valence-corrected chi connectivity index (χ4v) is 2.49. The third kappa shape index (κ3) is 3.22. The second kappa shape index (κ2) is 7.01. The highest BCUT2D eigenvalue weighted by atomic mass is 16.6. The number of nitro groups is 1. The fourth-order valence-electron chi connectivity index (χ4n) is 2.49. The van der Waals surface area contributed by atoms with Crippen molar-refractivity contribution in [1.82, 2.24) is 9.99 Å². The second-order valence-corrected chi connectivity index (χ2v) is 5.31. The van der Waals surface area contributed by atoms with Gasteiger partial charge in [0.1, 0.15) is 10.5 Å². The van der Waals surface area contributed by atoms with Crippen LogP contribution in [0.1, 0.15) is 23.0 Å². The van der Waals surface area contributed by atoms with Crippen molar-refractivity contribution >= 4 is 28.9 Å². The van der Waals surface area contributed by atoms with E-state index in [9.17, 15) is 19.7 Å². The summed E-state index contributed by atoms with van der Waals surface area (Å²) < 4.78 is 6.68. The predicted molar refractivity (Wildman–Crippen MR) is 94.3 cm³/mol. The molecule has 0 bridgehead atoms. The third-order valence-corrected chi connectivity index (χ3v) is 3.72. The Hall–Kier alpha value is -3.75. The van der Waals surface area contributed by atoms with Crippen molar-refractivity contribution in [3.05, 3.63) is 74.3 Å². The molecule has 0 aliphatic rings. The number of nitrogens with zero attached hydrogens (tertiary/aromatic N) is 3. The number of amides is 1. The largest absolute Gasteiger partial charge is 0.433 e. The Bertz CT molecular complexity index is 1080. The Morgan fingerprint density at radius 1 is 1.35 bits per heavy atom. The van der Waals surface area contributed by atoms with Gasteiger partial charge in [0, 0.05) is 18.1 Å². The smallest absolute Gasteiger partial charge is 0.400 e. The van der Waals surface area contributed by atoms with Crippen LogP contribution in [-0.2, 0) is 6.54 Å². The molecule has 3 aromatic rings. The number of para-hydroxylation sites is 1. The highest BCUT2D eigenvalue weighted by Gasteiger charge is 2.15. The van der Waals surface area contributed by atoms with Gasteiger partial charge in [0.05, 0.1) is 17.8 Å². The van der Waals surface area contributed by atoms with Crippen molar-refractivity contribution in [2.24, 2.45) is 5.10 Å². The van der Waals surface area contributed by atoms with Crippen LogP contribution in [0.4, 0.5) is 5.88 Å². The number of aryl methyl sites for hydroxylation is 1. The lowest BCUT2D eigenvalue weighted by Crippen LogP contribution is -2.26. The molecule has 0 saturated carbocycles. The summed E-state index contributed by atoms with van der Waals surface area (Å²) in [6.07, 6.45) is 2.59. The van der Waals surface area contributed by atoms with Crippen molar-refractivity contribution in [3.8, 4) is 0 Å². The number of nitrogens with one attached hydrogen (secondary N) is 1.